The zero-order chi connectivity index (χ0) is 18.9. The van der Waals surface area contributed by atoms with Crippen molar-refractivity contribution in [2.24, 2.45) is 0 Å². The van der Waals surface area contributed by atoms with Crippen molar-refractivity contribution in [3.05, 3.63) is 23.8 Å². The summed E-state index contributed by atoms with van der Waals surface area (Å²) in [6.07, 6.45) is 2.48. The summed E-state index contributed by atoms with van der Waals surface area (Å²) >= 11 is 0. The molecular formula is C19H29NO5. The van der Waals surface area contributed by atoms with Crippen LogP contribution in [0.1, 0.15) is 57.3 Å². The van der Waals surface area contributed by atoms with Gasteiger partial charge in [0.25, 0.3) is 5.91 Å². The molecule has 0 fully saturated rings. The molecule has 1 aromatic carbocycles. The summed E-state index contributed by atoms with van der Waals surface area (Å²) in [6, 6.07) is 4.92. The van der Waals surface area contributed by atoms with Gasteiger partial charge in [-0.15, -0.1) is 0 Å². The normalized spacial score (nSPS) is 13.0. The number of amides is 1. The summed E-state index contributed by atoms with van der Waals surface area (Å²) in [4.78, 5) is 24.7. The van der Waals surface area contributed by atoms with Crippen LogP contribution in [0.4, 0.5) is 5.69 Å². The highest BCUT2D eigenvalue weighted by molar-refractivity contribution is 5.99. The second-order valence-electron chi connectivity index (χ2n) is 5.86. The van der Waals surface area contributed by atoms with Gasteiger partial charge in [0.05, 0.1) is 13.2 Å². The summed E-state index contributed by atoms with van der Waals surface area (Å²) in [7, 11) is 1.53. The Labute approximate surface area is 149 Å². The van der Waals surface area contributed by atoms with E-state index < -0.39 is 11.6 Å². The van der Waals surface area contributed by atoms with Crippen LogP contribution >= 0.6 is 0 Å². The Morgan fingerprint density at radius 1 is 1.16 bits per heavy atom. The van der Waals surface area contributed by atoms with Crippen LogP contribution in [0.2, 0.25) is 0 Å². The Hall–Kier alpha value is -2.08. The highest BCUT2D eigenvalue weighted by Crippen LogP contribution is 2.26. The average molecular weight is 351 g/mol. The number of nitrogens with one attached hydrogen (secondary N) is 1. The van der Waals surface area contributed by atoms with E-state index in [0.717, 1.165) is 12.8 Å². The lowest BCUT2D eigenvalue weighted by Gasteiger charge is -2.27. The van der Waals surface area contributed by atoms with Gasteiger partial charge in [-0.05, 0) is 45.4 Å². The van der Waals surface area contributed by atoms with Gasteiger partial charge in [-0.2, -0.15) is 0 Å². The van der Waals surface area contributed by atoms with Gasteiger partial charge in [-0.1, -0.05) is 19.8 Å². The van der Waals surface area contributed by atoms with Gasteiger partial charge in [0.1, 0.15) is 16.9 Å². The first-order valence-corrected chi connectivity index (χ1v) is 8.72. The number of esters is 1. The molecule has 25 heavy (non-hydrogen) atoms. The molecule has 1 atom stereocenters. The van der Waals surface area contributed by atoms with Gasteiger partial charge in [0, 0.05) is 12.8 Å². The summed E-state index contributed by atoms with van der Waals surface area (Å²) in [5.41, 5.74) is -0.135. The molecule has 0 saturated heterocycles. The molecule has 6 heteroatoms. The van der Waals surface area contributed by atoms with Crippen LogP contribution < -0.4 is 10.1 Å². The van der Waals surface area contributed by atoms with E-state index in [2.05, 4.69) is 12.2 Å². The molecule has 0 saturated carbocycles. The summed E-state index contributed by atoms with van der Waals surface area (Å²) in [6.45, 7) is 8.09. The lowest BCUT2D eigenvalue weighted by molar-refractivity contribution is -0.136. The standard InChI is InChI=1S/C19H29NO5/c1-6-9-12-19(4,23-5)18(22)20-14-10-11-16(24-7-2)15(13-14)17(21)25-8-3/h10-11,13H,6-9,12H2,1-5H3,(H,20,22)/t19-/m1/s1. The topological polar surface area (TPSA) is 73.9 Å². The van der Waals surface area contributed by atoms with Crippen molar-refractivity contribution in [2.45, 2.75) is 52.6 Å². The Bertz CT molecular complexity index is 587. The highest BCUT2D eigenvalue weighted by Gasteiger charge is 2.32. The van der Waals surface area contributed by atoms with Crippen LogP contribution in [0.5, 0.6) is 5.75 Å². The molecule has 0 aliphatic heterocycles. The molecule has 1 rings (SSSR count). The molecule has 0 spiro atoms. The van der Waals surface area contributed by atoms with E-state index in [-0.39, 0.29) is 18.1 Å². The number of unbranched alkanes of at least 4 members (excludes halogenated alkanes) is 1. The van der Waals surface area contributed by atoms with Crippen molar-refractivity contribution in [3.63, 3.8) is 0 Å². The Balaban J connectivity index is 3.03. The Morgan fingerprint density at radius 3 is 2.44 bits per heavy atom. The lowest BCUT2D eigenvalue weighted by Crippen LogP contribution is -2.41. The van der Waals surface area contributed by atoms with Crippen LogP contribution in [-0.2, 0) is 14.3 Å². The van der Waals surface area contributed by atoms with E-state index in [4.69, 9.17) is 14.2 Å². The monoisotopic (exact) mass is 351 g/mol. The van der Waals surface area contributed by atoms with Crippen molar-refractivity contribution >= 4 is 17.6 Å². The number of rotatable bonds is 10. The number of hydrogen-bond donors (Lipinski definition) is 1. The fraction of sp³-hybridized carbons (Fsp3) is 0.579. The zero-order valence-corrected chi connectivity index (χ0v) is 15.8. The maximum atomic E-state index is 12.6. The van der Waals surface area contributed by atoms with Crippen molar-refractivity contribution in [2.75, 3.05) is 25.6 Å². The SMILES string of the molecule is CCCC[C@@](C)(OC)C(=O)Nc1ccc(OCC)c(C(=O)OCC)c1. The maximum Gasteiger partial charge on any atom is 0.341 e. The van der Waals surface area contributed by atoms with Crippen molar-refractivity contribution in [1.82, 2.24) is 0 Å². The van der Waals surface area contributed by atoms with E-state index >= 15 is 0 Å². The number of carbonyl (C=O) groups is 2. The smallest absolute Gasteiger partial charge is 0.341 e. The number of benzene rings is 1. The van der Waals surface area contributed by atoms with E-state index in [0.29, 0.717) is 24.5 Å². The second kappa shape index (κ2) is 10.0. The lowest BCUT2D eigenvalue weighted by atomic mass is 9.97. The molecular weight excluding hydrogens is 322 g/mol. The molecule has 0 aliphatic rings. The minimum Gasteiger partial charge on any atom is -0.493 e. The molecule has 0 radical (unpaired) electrons. The third-order valence-electron chi connectivity index (χ3n) is 3.97. The van der Waals surface area contributed by atoms with Gasteiger partial charge < -0.3 is 19.5 Å². The van der Waals surface area contributed by atoms with E-state index in [9.17, 15) is 9.59 Å². The molecule has 0 aromatic heterocycles. The first-order valence-electron chi connectivity index (χ1n) is 8.72. The molecule has 140 valence electrons. The Morgan fingerprint density at radius 2 is 1.88 bits per heavy atom. The van der Waals surface area contributed by atoms with Crippen molar-refractivity contribution in [3.8, 4) is 5.75 Å². The molecule has 1 aromatic rings. The van der Waals surface area contributed by atoms with E-state index in [1.54, 1.807) is 32.0 Å². The quantitative estimate of drug-likeness (QED) is 0.649. The number of ether oxygens (including phenoxy) is 3. The first-order chi connectivity index (χ1) is 11.9. The molecule has 0 unspecified atom stereocenters. The van der Waals surface area contributed by atoms with E-state index in [1.807, 2.05) is 6.92 Å². The second-order valence-corrected chi connectivity index (χ2v) is 5.86. The van der Waals surface area contributed by atoms with Gasteiger partial charge in [-0.25, -0.2) is 4.79 Å². The van der Waals surface area contributed by atoms with Crippen molar-refractivity contribution in [1.29, 1.82) is 0 Å². The van der Waals surface area contributed by atoms with E-state index in [1.165, 1.54) is 7.11 Å². The minimum atomic E-state index is -0.918. The number of carbonyl (C=O) groups excluding carboxylic acids is 2. The summed E-state index contributed by atoms with van der Waals surface area (Å²) < 4.78 is 16.0. The van der Waals surface area contributed by atoms with Crippen molar-refractivity contribution < 1.29 is 23.8 Å². The Kier molecular flexibility index (Phi) is 8.41. The van der Waals surface area contributed by atoms with Gasteiger partial charge in [-0.3, -0.25) is 4.79 Å². The van der Waals surface area contributed by atoms with Gasteiger partial charge >= 0.3 is 5.97 Å². The number of methoxy groups -OCH3 is 1. The fourth-order valence-corrected chi connectivity index (χ4v) is 2.34. The predicted octanol–water partition coefficient (Wildman–Crippen LogP) is 3.80. The van der Waals surface area contributed by atoms with Gasteiger partial charge in [0.15, 0.2) is 0 Å². The molecule has 6 nitrogen and oxygen atoms in total. The third kappa shape index (κ3) is 5.74. The van der Waals surface area contributed by atoms with Crippen LogP contribution in [0.3, 0.4) is 0 Å². The zero-order valence-electron chi connectivity index (χ0n) is 15.8. The van der Waals surface area contributed by atoms with Gasteiger partial charge in [0.2, 0.25) is 0 Å². The molecule has 1 N–H and O–H groups in total. The average Bonchev–Trinajstić information content (AvgIpc) is 2.61. The maximum absolute atomic E-state index is 12.6. The molecule has 0 aliphatic carbocycles. The first kappa shape index (κ1) is 21.0. The fourth-order valence-electron chi connectivity index (χ4n) is 2.34. The molecule has 1 amide bonds. The number of hydrogen-bond acceptors (Lipinski definition) is 5. The summed E-state index contributed by atoms with van der Waals surface area (Å²) in [5, 5.41) is 2.82. The molecule has 0 bridgehead atoms. The number of anilines is 1. The van der Waals surface area contributed by atoms with Crippen LogP contribution in [0, 0.1) is 0 Å². The minimum absolute atomic E-state index is 0.248. The van der Waals surface area contributed by atoms with Crippen LogP contribution in [-0.4, -0.2) is 37.8 Å². The highest BCUT2D eigenvalue weighted by atomic mass is 16.5. The van der Waals surface area contributed by atoms with Crippen LogP contribution in [0.25, 0.3) is 0 Å². The molecule has 0 heterocycles. The van der Waals surface area contributed by atoms with Crippen LogP contribution in [0.15, 0.2) is 18.2 Å². The third-order valence-corrected chi connectivity index (χ3v) is 3.97. The summed E-state index contributed by atoms with van der Waals surface area (Å²) in [5.74, 6) is -0.301. The largest absolute Gasteiger partial charge is 0.493 e. The predicted molar refractivity (Wildman–Crippen MR) is 97.1 cm³/mol.